The van der Waals surface area contributed by atoms with E-state index in [0.717, 1.165) is 48.2 Å². The summed E-state index contributed by atoms with van der Waals surface area (Å²) >= 11 is 6.18. The standard InChI is InChI=1S/C23H20ClF3N6O/c24-15-1-3-17-13(5-15)9-31(22(34)20(26)27)10-19-29-30-21(33(17)19)14-6-23(7-14)11-32(12-23)18-4-2-16(25)8-28-18/h1-5,8,14,20H,6-7,9-12H2. The molecule has 0 radical (unpaired) electrons. The minimum Gasteiger partial charge on any atom is -0.355 e. The smallest absolute Gasteiger partial charge is 0.315 e. The van der Waals surface area contributed by atoms with Gasteiger partial charge in [-0.3, -0.25) is 9.36 Å². The number of pyridine rings is 1. The predicted octanol–water partition coefficient (Wildman–Crippen LogP) is 3.95. The third kappa shape index (κ3) is 3.43. The van der Waals surface area contributed by atoms with Crippen LogP contribution in [-0.2, 0) is 17.9 Å². The lowest BCUT2D eigenvalue weighted by Crippen LogP contribution is -2.62. The molecule has 176 valence electrons. The number of amides is 1. The van der Waals surface area contributed by atoms with Gasteiger partial charge in [0, 0.05) is 36.0 Å². The molecule has 1 amide bonds. The fourth-order valence-electron chi connectivity index (χ4n) is 5.49. The number of benzene rings is 1. The number of hydrogen-bond donors (Lipinski definition) is 0. The molecule has 3 aromatic rings. The van der Waals surface area contributed by atoms with Crippen LogP contribution in [0.5, 0.6) is 0 Å². The van der Waals surface area contributed by atoms with Crippen molar-refractivity contribution in [1.82, 2.24) is 24.6 Å². The monoisotopic (exact) mass is 488 g/mol. The van der Waals surface area contributed by atoms with E-state index in [1.54, 1.807) is 18.2 Å². The number of carbonyl (C=O) groups is 1. The molecule has 11 heteroatoms. The third-order valence-corrected chi connectivity index (χ3v) is 7.28. The van der Waals surface area contributed by atoms with Crippen LogP contribution in [0, 0.1) is 11.2 Å². The quantitative estimate of drug-likeness (QED) is 0.558. The van der Waals surface area contributed by atoms with Crippen molar-refractivity contribution in [3.8, 4) is 5.69 Å². The Morgan fingerprint density at radius 3 is 2.62 bits per heavy atom. The second kappa shape index (κ2) is 7.69. The van der Waals surface area contributed by atoms with Crippen LogP contribution < -0.4 is 4.90 Å². The summed E-state index contributed by atoms with van der Waals surface area (Å²) in [6.07, 6.45) is -0.0573. The summed E-state index contributed by atoms with van der Waals surface area (Å²) in [5, 5.41) is 9.17. The number of fused-ring (bicyclic) bond motifs is 3. The van der Waals surface area contributed by atoms with Gasteiger partial charge < -0.3 is 9.80 Å². The van der Waals surface area contributed by atoms with Crippen LogP contribution in [0.25, 0.3) is 5.69 Å². The predicted molar refractivity (Wildman–Crippen MR) is 117 cm³/mol. The van der Waals surface area contributed by atoms with Crippen LogP contribution >= 0.6 is 11.6 Å². The molecule has 4 heterocycles. The van der Waals surface area contributed by atoms with Crippen LogP contribution in [0.2, 0.25) is 5.02 Å². The molecule has 1 aromatic carbocycles. The number of aromatic nitrogens is 4. The van der Waals surface area contributed by atoms with Crippen LogP contribution in [0.3, 0.4) is 0 Å². The van der Waals surface area contributed by atoms with Crippen LogP contribution in [0.15, 0.2) is 36.5 Å². The molecule has 0 bridgehead atoms. The molecule has 0 N–H and O–H groups in total. The van der Waals surface area contributed by atoms with Gasteiger partial charge in [-0.05, 0) is 48.7 Å². The highest BCUT2D eigenvalue weighted by molar-refractivity contribution is 6.30. The third-order valence-electron chi connectivity index (χ3n) is 7.04. The van der Waals surface area contributed by atoms with E-state index in [0.29, 0.717) is 16.4 Å². The zero-order valence-corrected chi connectivity index (χ0v) is 18.7. The van der Waals surface area contributed by atoms with Gasteiger partial charge >= 0.3 is 6.43 Å². The highest BCUT2D eigenvalue weighted by Crippen LogP contribution is 2.56. The fourth-order valence-corrected chi connectivity index (χ4v) is 5.69. The summed E-state index contributed by atoms with van der Waals surface area (Å²) in [6, 6.07) is 8.35. The highest BCUT2D eigenvalue weighted by atomic mass is 35.5. The van der Waals surface area contributed by atoms with Gasteiger partial charge in [-0.15, -0.1) is 10.2 Å². The molecule has 6 rings (SSSR count). The molecule has 0 atom stereocenters. The summed E-state index contributed by atoms with van der Waals surface area (Å²) in [6.45, 7) is 1.65. The van der Waals surface area contributed by atoms with E-state index in [1.165, 1.54) is 12.3 Å². The maximum atomic E-state index is 13.2. The zero-order chi connectivity index (χ0) is 23.6. The Bertz CT molecular complexity index is 1270. The Labute approximate surface area is 198 Å². The average Bonchev–Trinajstić information content (AvgIpc) is 3.07. The Balaban J connectivity index is 1.25. The van der Waals surface area contributed by atoms with Gasteiger partial charge in [0.15, 0.2) is 5.82 Å². The van der Waals surface area contributed by atoms with Crippen molar-refractivity contribution >= 4 is 23.3 Å². The zero-order valence-electron chi connectivity index (χ0n) is 18.0. The second-order valence-corrected chi connectivity index (χ2v) is 9.81. The van der Waals surface area contributed by atoms with E-state index in [-0.39, 0.29) is 30.2 Å². The summed E-state index contributed by atoms with van der Waals surface area (Å²) < 4.78 is 41.4. The van der Waals surface area contributed by atoms with Crippen molar-refractivity contribution in [3.05, 3.63) is 64.6 Å². The number of halogens is 4. The Morgan fingerprint density at radius 1 is 1.12 bits per heavy atom. The minimum absolute atomic E-state index is 0.0239. The van der Waals surface area contributed by atoms with Gasteiger partial charge in [-0.1, -0.05) is 11.6 Å². The number of nitrogens with zero attached hydrogens (tertiary/aromatic N) is 6. The van der Waals surface area contributed by atoms with E-state index < -0.39 is 12.3 Å². The number of rotatable bonds is 3. The Kier molecular flexibility index (Phi) is 4.84. The Hall–Kier alpha value is -3.14. The number of carbonyl (C=O) groups excluding carboxylic acids is 1. The topological polar surface area (TPSA) is 67.2 Å². The summed E-state index contributed by atoms with van der Waals surface area (Å²) in [5.74, 6) is 0.554. The van der Waals surface area contributed by atoms with Crippen LogP contribution in [0.4, 0.5) is 19.0 Å². The summed E-state index contributed by atoms with van der Waals surface area (Å²) in [4.78, 5) is 19.5. The lowest BCUT2D eigenvalue weighted by atomic mass is 9.57. The molecule has 1 saturated heterocycles. The highest BCUT2D eigenvalue weighted by Gasteiger charge is 2.54. The summed E-state index contributed by atoms with van der Waals surface area (Å²) in [5.41, 5.74) is 1.58. The van der Waals surface area contributed by atoms with Crippen molar-refractivity contribution in [1.29, 1.82) is 0 Å². The van der Waals surface area contributed by atoms with Crippen molar-refractivity contribution in [2.75, 3.05) is 18.0 Å². The van der Waals surface area contributed by atoms with E-state index in [2.05, 4.69) is 20.1 Å². The molecule has 2 fully saturated rings. The number of hydrogen-bond acceptors (Lipinski definition) is 5. The first-order valence-corrected chi connectivity index (χ1v) is 11.4. The van der Waals surface area contributed by atoms with Gasteiger partial charge in [-0.2, -0.15) is 8.78 Å². The van der Waals surface area contributed by atoms with Crippen molar-refractivity contribution in [2.45, 2.75) is 38.3 Å². The molecule has 2 aromatic heterocycles. The molecule has 0 unspecified atom stereocenters. The van der Waals surface area contributed by atoms with Gasteiger partial charge in [0.2, 0.25) is 0 Å². The molecule has 7 nitrogen and oxygen atoms in total. The molecule has 34 heavy (non-hydrogen) atoms. The van der Waals surface area contributed by atoms with Crippen molar-refractivity contribution in [3.63, 3.8) is 0 Å². The molecule has 1 spiro atoms. The van der Waals surface area contributed by atoms with Crippen LogP contribution in [0.1, 0.15) is 36.0 Å². The Morgan fingerprint density at radius 2 is 1.91 bits per heavy atom. The maximum Gasteiger partial charge on any atom is 0.315 e. The first kappa shape index (κ1) is 21.4. The largest absolute Gasteiger partial charge is 0.355 e. The van der Waals surface area contributed by atoms with Gasteiger partial charge in [-0.25, -0.2) is 9.37 Å². The van der Waals surface area contributed by atoms with Gasteiger partial charge in [0.05, 0.1) is 18.4 Å². The van der Waals surface area contributed by atoms with Gasteiger partial charge in [0.1, 0.15) is 17.5 Å². The fraction of sp³-hybridized carbons (Fsp3) is 0.391. The molecule has 2 aliphatic heterocycles. The molecule has 1 aliphatic carbocycles. The van der Waals surface area contributed by atoms with Crippen molar-refractivity contribution in [2.24, 2.45) is 5.41 Å². The summed E-state index contributed by atoms with van der Waals surface area (Å²) in [7, 11) is 0. The van der Waals surface area contributed by atoms with E-state index in [1.807, 2.05) is 10.6 Å². The molecular weight excluding hydrogens is 469 g/mol. The average molecular weight is 489 g/mol. The molecule has 3 aliphatic rings. The molecule has 1 saturated carbocycles. The van der Waals surface area contributed by atoms with E-state index in [4.69, 9.17) is 11.6 Å². The first-order chi connectivity index (χ1) is 16.3. The van der Waals surface area contributed by atoms with Gasteiger partial charge in [0.25, 0.3) is 5.91 Å². The molecular formula is C23H20ClF3N6O. The van der Waals surface area contributed by atoms with E-state index in [9.17, 15) is 18.0 Å². The SMILES string of the molecule is O=C(C(F)F)N1Cc2cc(Cl)ccc2-n2c(nnc2C2CC3(C2)CN(c2ccc(F)cn2)C3)C1. The van der Waals surface area contributed by atoms with Crippen molar-refractivity contribution < 1.29 is 18.0 Å². The lowest BCUT2D eigenvalue weighted by molar-refractivity contribution is -0.144. The number of anilines is 1. The first-order valence-electron chi connectivity index (χ1n) is 11.0. The lowest BCUT2D eigenvalue weighted by Gasteiger charge is -2.59. The minimum atomic E-state index is -3.10. The van der Waals surface area contributed by atoms with E-state index >= 15 is 0 Å². The second-order valence-electron chi connectivity index (χ2n) is 9.37. The van der Waals surface area contributed by atoms with Crippen LogP contribution in [-0.4, -0.2) is 50.1 Å². The maximum absolute atomic E-state index is 13.2. The number of alkyl halides is 2. The normalized spacial score (nSPS) is 18.9.